The first-order valence-corrected chi connectivity index (χ1v) is 6.54. The number of methoxy groups -OCH3 is 1. The number of rotatable bonds is 6. The van der Waals surface area contributed by atoms with Gasteiger partial charge in [-0.2, -0.15) is 0 Å². The molecular formula is C15H26N2O. The molecule has 3 heteroatoms. The van der Waals surface area contributed by atoms with Crippen LogP contribution in [0.1, 0.15) is 23.6 Å². The van der Waals surface area contributed by atoms with Crippen LogP contribution in [0.4, 0.5) is 0 Å². The van der Waals surface area contributed by atoms with Crippen molar-refractivity contribution in [1.82, 2.24) is 4.90 Å². The molecule has 1 atom stereocenters. The van der Waals surface area contributed by atoms with Crippen molar-refractivity contribution < 1.29 is 4.74 Å². The van der Waals surface area contributed by atoms with Gasteiger partial charge in [-0.15, -0.1) is 0 Å². The number of nitrogens with zero attached hydrogens (tertiary/aromatic N) is 1. The fourth-order valence-electron chi connectivity index (χ4n) is 2.15. The third-order valence-electron chi connectivity index (χ3n) is 3.60. The second-order valence-corrected chi connectivity index (χ2v) is 5.08. The maximum atomic E-state index is 5.68. The van der Waals surface area contributed by atoms with E-state index in [0.29, 0.717) is 12.6 Å². The average Bonchev–Trinajstić information content (AvgIpc) is 2.35. The van der Waals surface area contributed by atoms with Crippen molar-refractivity contribution in [3.05, 3.63) is 28.8 Å². The van der Waals surface area contributed by atoms with Gasteiger partial charge in [-0.1, -0.05) is 6.07 Å². The highest BCUT2D eigenvalue weighted by Gasteiger charge is 2.11. The molecule has 2 N–H and O–H groups in total. The fourth-order valence-corrected chi connectivity index (χ4v) is 2.15. The normalized spacial score (nSPS) is 12.8. The predicted octanol–water partition coefficient (Wildman–Crippen LogP) is 2.13. The SMILES string of the molecule is COc1cc(C)cc(C)c1CCN(C)C(C)CN. The number of nitrogens with two attached hydrogens (primary N) is 1. The first-order valence-electron chi connectivity index (χ1n) is 6.54. The van der Waals surface area contributed by atoms with E-state index in [1.807, 2.05) is 0 Å². The second kappa shape index (κ2) is 6.76. The van der Waals surface area contributed by atoms with Crippen molar-refractivity contribution in [2.45, 2.75) is 33.2 Å². The molecule has 0 spiro atoms. The van der Waals surface area contributed by atoms with Crippen LogP contribution in [0.25, 0.3) is 0 Å². The molecule has 0 saturated carbocycles. The molecule has 0 aliphatic heterocycles. The summed E-state index contributed by atoms with van der Waals surface area (Å²) in [4.78, 5) is 2.29. The third kappa shape index (κ3) is 3.72. The van der Waals surface area contributed by atoms with E-state index in [1.54, 1.807) is 7.11 Å². The Balaban J connectivity index is 2.78. The average molecular weight is 250 g/mol. The van der Waals surface area contributed by atoms with E-state index >= 15 is 0 Å². The van der Waals surface area contributed by atoms with Crippen molar-refractivity contribution in [2.75, 3.05) is 27.2 Å². The van der Waals surface area contributed by atoms with Crippen molar-refractivity contribution in [1.29, 1.82) is 0 Å². The largest absolute Gasteiger partial charge is 0.496 e. The Labute approximate surface area is 111 Å². The van der Waals surface area contributed by atoms with E-state index < -0.39 is 0 Å². The van der Waals surface area contributed by atoms with Crippen molar-refractivity contribution in [2.24, 2.45) is 5.73 Å². The summed E-state index contributed by atoms with van der Waals surface area (Å²) < 4.78 is 5.48. The molecule has 102 valence electrons. The maximum absolute atomic E-state index is 5.68. The molecule has 0 aliphatic rings. The van der Waals surface area contributed by atoms with Crippen LogP contribution in [0.5, 0.6) is 5.75 Å². The molecule has 0 saturated heterocycles. The molecule has 0 amide bonds. The van der Waals surface area contributed by atoms with Crippen LogP contribution in [0.15, 0.2) is 12.1 Å². The fraction of sp³-hybridized carbons (Fsp3) is 0.600. The Kier molecular flexibility index (Phi) is 5.63. The van der Waals surface area contributed by atoms with Gasteiger partial charge in [0.1, 0.15) is 5.75 Å². The molecule has 0 aromatic heterocycles. The lowest BCUT2D eigenvalue weighted by molar-refractivity contribution is 0.265. The summed E-state index contributed by atoms with van der Waals surface area (Å²) in [7, 11) is 3.86. The van der Waals surface area contributed by atoms with Crippen molar-refractivity contribution in [3.8, 4) is 5.75 Å². The van der Waals surface area contributed by atoms with Gasteiger partial charge in [0.05, 0.1) is 7.11 Å². The molecule has 1 aromatic carbocycles. The van der Waals surface area contributed by atoms with Crippen LogP contribution >= 0.6 is 0 Å². The molecule has 0 fully saturated rings. The summed E-state index contributed by atoms with van der Waals surface area (Å²) in [6.07, 6.45) is 0.996. The van der Waals surface area contributed by atoms with Crippen molar-refractivity contribution in [3.63, 3.8) is 0 Å². The minimum atomic E-state index is 0.418. The van der Waals surface area contributed by atoms with Crippen LogP contribution in [-0.2, 0) is 6.42 Å². The lowest BCUT2D eigenvalue weighted by Crippen LogP contribution is -2.36. The molecule has 1 unspecified atom stereocenters. The van der Waals surface area contributed by atoms with E-state index in [2.05, 4.69) is 44.9 Å². The van der Waals surface area contributed by atoms with Crippen LogP contribution < -0.4 is 10.5 Å². The summed E-state index contributed by atoms with van der Waals surface area (Å²) in [6.45, 7) is 8.09. The van der Waals surface area contributed by atoms with Crippen LogP contribution in [0.3, 0.4) is 0 Å². The summed E-state index contributed by atoms with van der Waals surface area (Å²) in [6, 6.07) is 4.74. The predicted molar refractivity (Wildman–Crippen MR) is 77.3 cm³/mol. The molecule has 18 heavy (non-hydrogen) atoms. The Morgan fingerprint density at radius 3 is 2.56 bits per heavy atom. The number of likely N-dealkylation sites (N-methyl/N-ethyl adjacent to an activating group) is 1. The zero-order valence-electron chi connectivity index (χ0n) is 12.3. The highest BCUT2D eigenvalue weighted by Crippen LogP contribution is 2.24. The monoisotopic (exact) mass is 250 g/mol. The van der Waals surface area contributed by atoms with E-state index in [4.69, 9.17) is 10.5 Å². The van der Waals surface area contributed by atoms with Crippen LogP contribution in [-0.4, -0.2) is 38.2 Å². The van der Waals surface area contributed by atoms with E-state index in [1.165, 1.54) is 16.7 Å². The Morgan fingerprint density at radius 2 is 2.00 bits per heavy atom. The lowest BCUT2D eigenvalue weighted by Gasteiger charge is -2.24. The first-order chi connectivity index (χ1) is 8.49. The maximum Gasteiger partial charge on any atom is 0.122 e. The number of ether oxygens (including phenoxy) is 1. The standard InChI is InChI=1S/C15H26N2O/c1-11-8-12(2)14(15(9-11)18-5)6-7-17(4)13(3)10-16/h8-9,13H,6-7,10,16H2,1-5H3. The van der Waals surface area contributed by atoms with Gasteiger partial charge in [0, 0.05) is 19.1 Å². The third-order valence-corrected chi connectivity index (χ3v) is 3.60. The first kappa shape index (κ1) is 15.0. The smallest absolute Gasteiger partial charge is 0.122 e. The molecular weight excluding hydrogens is 224 g/mol. The Morgan fingerprint density at radius 1 is 1.33 bits per heavy atom. The molecule has 3 nitrogen and oxygen atoms in total. The van der Waals surface area contributed by atoms with E-state index in [-0.39, 0.29) is 0 Å². The topological polar surface area (TPSA) is 38.5 Å². The highest BCUT2D eigenvalue weighted by molar-refractivity contribution is 5.43. The summed E-state index contributed by atoms with van der Waals surface area (Å²) in [5.41, 5.74) is 9.54. The van der Waals surface area contributed by atoms with Gasteiger partial charge in [0.2, 0.25) is 0 Å². The second-order valence-electron chi connectivity index (χ2n) is 5.08. The van der Waals surface area contributed by atoms with Crippen molar-refractivity contribution >= 4 is 0 Å². The lowest BCUT2D eigenvalue weighted by atomic mass is 10.0. The molecule has 0 bridgehead atoms. The molecule has 0 heterocycles. The molecule has 0 radical (unpaired) electrons. The zero-order valence-corrected chi connectivity index (χ0v) is 12.3. The highest BCUT2D eigenvalue weighted by atomic mass is 16.5. The summed E-state index contributed by atoms with van der Waals surface area (Å²) in [5.74, 6) is 1.00. The quantitative estimate of drug-likeness (QED) is 0.840. The summed E-state index contributed by atoms with van der Waals surface area (Å²) >= 11 is 0. The minimum Gasteiger partial charge on any atom is -0.496 e. The molecule has 1 aromatic rings. The van der Waals surface area contributed by atoms with Crippen LogP contribution in [0.2, 0.25) is 0 Å². The van der Waals surface area contributed by atoms with Gasteiger partial charge >= 0.3 is 0 Å². The Bertz CT molecular complexity index is 390. The molecule has 1 rings (SSSR count). The zero-order chi connectivity index (χ0) is 13.7. The van der Waals surface area contributed by atoms with Gasteiger partial charge < -0.3 is 15.4 Å². The van der Waals surface area contributed by atoms with Gasteiger partial charge in [0.15, 0.2) is 0 Å². The van der Waals surface area contributed by atoms with Crippen LogP contribution in [0, 0.1) is 13.8 Å². The number of hydrogen-bond acceptors (Lipinski definition) is 3. The molecule has 0 aliphatic carbocycles. The van der Waals surface area contributed by atoms with E-state index in [0.717, 1.165) is 18.7 Å². The van der Waals surface area contributed by atoms with Gasteiger partial charge in [-0.05, 0) is 57.0 Å². The number of hydrogen-bond donors (Lipinski definition) is 1. The summed E-state index contributed by atoms with van der Waals surface area (Å²) in [5, 5.41) is 0. The van der Waals surface area contributed by atoms with E-state index in [9.17, 15) is 0 Å². The van der Waals surface area contributed by atoms with Gasteiger partial charge in [-0.25, -0.2) is 0 Å². The van der Waals surface area contributed by atoms with Gasteiger partial charge in [-0.3, -0.25) is 0 Å². The number of benzene rings is 1. The minimum absolute atomic E-state index is 0.418. The number of aryl methyl sites for hydroxylation is 2. The Hall–Kier alpha value is -1.06. The van der Waals surface area contributed by atoms with Gasteiger partial charge in [0.25, 0.3) is 0 Å².